The molecule has 2 aromatic rings. The minimum atomic E-state index is 0.141. The molecule has 1 fully saturated rings. The van der Waals surface area contributed by atoms with Crippen LogP contribution in [0.2, 0.25) is 0 Å². The maximum absolute atomic E-state index is 12.6. The molecule has 1 aromatic heterocycles. The summed E-state index contributed by atoms with van der Waals surface area (Å²) in [6.45, 7) is 4.62. The number of carbonyl (C=O) groups is 1. The molecule has 0 bridgehead atoms. The maximum Gasteiger partial charge on any atom is 0.241 e. The fraction of sp³-hybridized carbons (Fsp3) is 0.500. The van der Waals surface area contributed by atoms with Crippen molar-refractivity contribution >= 4 is 23.2 Å². The van der Waals surface area contributed by atoms with E-state index in [1.807, 2.05) is 23.8 Å². The van der Waals surface area contributed by atoms with Gasteiger partial charge >= 0.3 is 0 Å². The lowest BCUT2D eigenvalue weighted by atomic mass is 9.90. The summed E-state index contributed by atoms with van der Waals surface area (Å²) in [6, 6.07) is 10.6. The second kappa shape index (κ2) is 10.4. The number of carbonyl (C=O) groups excluding carboxylic acids is 1. The fourth-order valence-corrected chi connectivity index (χ4v) is 4.39. The first-order valence-corrected chi connectivity index (χ1v) is 11.1. The summed E-state index contributed by atoms with van der Waals surface area (Å²) >= 11 is 1.64. The van der Waals surface area contributed by atoms with Gasteiger partial charge in [-0.2, -0.15) is 0 Å². The number of aromatic nitrogens is 1. The van der Waals surface area contributed by atoms with Crippen molar-refractivity contribution in [1.29, 1.82) is 0 Å². The molecule has 0 radical (unpaired) electrons. The van der Waals surface area contributed by atoms with Crippen LogP contribution in [0.5, 0.6) is 0 Å². The smallest absolute Gasteiger partial charge is 0.241 e. The molecule has 1 aromatic carbocycles. The highest BCUT2D eigenvalue weighted by Crippen LogP contribution is 2.21. The van der Waals surface area contributed by atoms with Crippen LogP contribution in [0, 0.1) is 12.8 Å². The van der Waals surface area contributed by atoms with Gasteiger partial charge in [0.25, 0.3) is 0 Å². The second-order valence-electron chi connectivity index (χ2n) is 7.63. The van der Waals surface area contributed by atoms with Gasteiger partial charge in [-0.1, -0.05) is 30.3 Å². The lowest BCUT2D eigenvalue weighted by Gasteiger charge is -2.32. The molecule has 29 heavy (non-hydrogen) atoms. The Morgan fingerprint density at radius 3 is 2.66 bits per heavy atom. The van der Waals surface area contributed by atoms with Gasteiger partial charge in [0, 0.05) is 32.6 Å². The SMILES string of the molecule is CN=C(NCC(=O)N1CCC(Cc2ccccc2)CC1)N(C)Cc1csc(C)n1. The van der Waals surface area contributed by atoms with E-state index in [-0.39, 0.29) is 12.5 Å². The maximum atomic E-state index is 12.6. The minimum Gasteiger partial charge on any atom is -0.347 e. The molecular weight excluding hydrogens is 382 g/mol. The van der Waals surface area contributed by atoms with E-state index in [1.165, 1.54) is 5.56 Å². The van der Waals surface area contributed by atoms with Crippen LogP contribution >= 0.6 is 11.3 Å². The topological polar surface area (TPSA) is 60.8 Å². The fourth-order valence-electron chi connectivity index (χ4n) is 3.78. The Labute approximate surface area is 177 Å². The molecule has 2 heterocycles. The number of hydrogen-bond donors (Lipinski definition) is 1. The highest BCUT2D eigenvalue weighted by Gasteiger charge is 2.23. The zero-order chi connectivity index (χ0) is 20.6. The summed E-state index contributed by atoms with van der Waals surface area (Å²) in [5.41, 5.74) is 2.41. The first-order chi connectivity index (χ1) is 14.0. The molecule has 1 aliphatic heterocycles. The van der Waals surface area contributed by atoms with E-state index in [4.69, 9.17) is 0 Å². The lowest BCUT2D eigenvalue weighted by molar-refractivity contribution is -0.131. The van der Waals surface area contributed by atoms with Crippen LogP contribution in [0.1, 0.15) is 29.1 Å². The van der Waals surface area contributed by atoms with Crippen molar-refractivity contribution < 1.29 is 4.79 Å². The average molecular weight is 414 g/mol. The van der Waals surface area contributed by atoms with Gasteiger partial charge < -0.3 is 15.1 Å². The van der Waals surface area contributed by atoms with Crippen LogP contribution in [-0.4, -0.2) is 60.4 Å². The number of rotatable bonds is 6. The van der Waals surface area contributed by atoms with Crippen molar-refractivity contribution in [3.05, 3.63) is 52.0 Å². The highest BCUT2D eigenvalue weighted by atomic mass is 32.1. The zero-order valence-electron chi connectivity index (χ0n) is 17.6. The van der Waals surface area contributed by atoms with Crippen LogP contribution in [0.25, 0.3) is 0 Å². The van der Waals surface area contributed by atoms with Crippen molar-refractivity contribution in [3.63, 3.8) is 0 Å². The lowest BCUT2D eigenvalue weighted by Crippen LogP contribution is -2.47. The number of thiazole rings is 1. The number of amides is 1. The summed E-state index contributed by atoms with van der Waals surface area (Å²) < 4.78 is 0. The quantitative estimate of drug-likeness (QED) is 0.584. The van der Waals surface area contributed by atoms with Crippen molar-refractivity contribution in [2.75, 3.05) is 33.7 Å². The van der Waals surface area contributed by atoms with E-state index in [2.05, 4.69) is 51.0 Å². The standard InChI is InChI=1S/C22H31N5OS/c1-17-25-20(16-29-17)15-26(3)22(23-2)24-14-21(28)27-11-9-19(10-12-27)13-18-7-5-4-6-8-18/h4-8,16,19H,9-15H2,1-3H3,(H,23,24). The van der Waals surface area contributed by atoms with Gasteiger partial charge in [-0.25, -0.2) is 4.98 Å². The van der Waals surface area contributed by atoms with Gasteiger partial charge in [-0.15, -0.1) is 11.3 Å². The Bertz CT molecular complexity index is 812. The van der Waals surface area contributed by atoms with Gasteiger partial charge in [0.2, 0.25) is 5.91 Å². The molecule has 1 aliphatic rings. The number of guanidine groups is 1. The number of piperidine rings is 1. The average Bonchev–Trinajstić information content (AvgIpc) is 3.14. The summed E-state index contributed by atoms with van der Waals surface area (Å²) in [6.07, 6.45) is 3.24. The Balaban J connectivity index is 1.41. The van der Waals surface area contributed by atoms with Crippen LogP contribution in [0.4, 0.5) is 0 Å². The largest absolute Gasteiger partial charge is 0.347 e. The Hall–Kier alpha value is -2.41. The molecule has 0 atom stereocenters. The molecule has 7 heteroatoms. The van der Waals surface area contributed by atoms with Gasteiger partial charge in [-0.3, -0.25) is 9.79 Å². The Morgan fingerprint density at radius 1 is 1.31 bits per heavy atom. The summed E-state index contributed by atoms with van der Waals surface area (Å²) in [5, 5.41) is 6.32. The molecule has 156 valence electrons. The van der Waals surface area contributed by atoms with Crippen molar-refractivity contribution in [1.82, 2.24) is 20.1 Å². The Kier molecular flexibility index (Phi) is 7.63. The van der Waals surface area contributed by atoms with Gasteiger partial charge in [-0.05, 0) is 37.7 Å². The third-order valence-corrected chi connectivity index (χ3v) is 6.19. The van der Waals surface area contributed by atoms with Crippen molar-refractivity contribution in [2.45, 2.75) is 32.7 Å². The predicted octanol–water partition coefficient (Wildman–Crippen LogP) is 2.94. The van der Waals surface area contributed by atoms with Crippen LogP contribution in [-0.2, 0) is 17.8 Å². The first kappa shape index (κ1) is 21.3. The summed E-state index contributed by atoms with van der Waals surface area (Å²) in [7, 11) is 3.70. The molecule has 1 N–H and O–H groups in total. The van der Waals surface area contributed by atoms with E-state index >= 15 is 0 Å². The Morgan fingerprint density at radius 2 is 2.03 bits per heavy atom. The molecule has 0 saturated carbocycles. The van der Waals surface area contributed by atoms with Crippen LogP contribution in [0.15, 0.2) is 40.7 Å². The van der Waals surface area contributed by atoms with Crippen LogP contribution < -0.4 is 5.32 Å². The monoisotopic (exact) mass is 413 g/mol. The third kappa shape index (κ3) is 6.29. The van der Waals surface area contributed by atoms with Gasteiger partial charge in [0.1, 0.15) is 0 Å². The summed E-state index contributed by atoms with van der Waals surface area (Å²) in [5.74, 6) is 1.51. The molecule has 3 rings (SSSR count). The summed E-state index contributed by atoms with van der Waals surface area (Å²) in [4.78, 5) is 25.4. The molecule has 0 spiro atoms. The number of hydrogen-bond acceptors (Lipinski definition) is 4. The van der Waals surface area contributed by atoms with Crippen molar-refractivity contribution in [3.8, 4) is 0 Å². The number of aryl methyl sites for hydroxylation is 1. The molecule has 6 nitrogen and oxygen atoms in total. The second-order valence-corrected chi connectivity index (χ2v) is 8.69. The number of likely N-dealkylation sites (tertiary alicyclic amines) is 1. The molecule has 0 aliphatic carbocycles. The predicted molar refractivity (Wildman–Crippen MR) is 119 cm³/mol. The van der Waals surface area contributed by atoms with Crippen molar-refractivity contribution in [2.24, 2.45) is 10.9 Å². The highest BCUT2D eigenvalue weighted by molar-refractivity contribution is 7.09. The van der Waals surface area contributed by atoms with Crippen LogP contribution in [0.3, 0.4) is 0 Å². The van der Waals surface area contributed by atoms with E-state index in [0.717, 1.165) is 43.1 Å². The minimum absolute atomic E-state index is 0.141. The van der Waals surface area contributed by atoms with E-state index < -0.39 is 0 Å². The van der Waals surface area contributed by atoms with Gasteiger partial charge in [0.15, 0.2) is 5.96 Å². The number of benzene rings is 1. The van der Waals surface area contributed by atoms with E-state index in [1.54, 1.807) is 18.4 Å². The molecule has 1 amide bonds. The number of nitrogens with one attached hydrogen (secondary N) is 1. The third-order valence-electron chi connectivity index (χ3n) is 5.37. The van der Waals surface area contributed by atoms with Gasteiger partial charge in [0.05, 0.1) is 23.8 Å². The normalized spacial score (nSPS) is 15.4. The first-order valence-electron chi connectivity index (χ1n) is 10.2. The van der Waals surface area contributed by atoms with E-state index in [0.29, 0.717) is 18.4 Å². The molecule has 1 saturated heterocycles. The number of nitrogens with zero attached hydrogens (tertiary/aromatic N) is 4. The number of aliphatic imine (C=N–C) groups is 1. The zero-order valence-corrected chi connectivity index (χ0v) is 18.4. The van der Waals surface area contributed by atoms with E-state index in [9.17, 15) is 4.79 Å². The molecule has 0 unspecified atom stereocenters. The molecular formula is C22H31N5OS.